The van der Waals surface area contributed by atoms with Gasteiger partial charge in [0.2, 0.25) is 11.8 Å². The molecule has 1 aliphatic heterocycles. The second-order valence-corrected chi connectivity index (χ2v) is 5.60. The molecule has 1 aliphatic rings. The number of aromatic hydroxyl groups is 1. The number of nitrogens with zero attached hydrogens (tertiary/aromatic N) is 1. The summed E-state index contributed by atoms with van der Waals surface area (Å²) in [6.07, 6.45) is 1.89. The van der Waals surface area contributed by atoms with Gasteiger partial charge in [0.25, 0.3) is 0 Å². The minimum atomic E-state index is -0.529. The highest BCUT2D eigenvalue weighted by Crippen LogP contribution is 2.38. The summed E-state index contributed by atoms with van der Waals surface area (Å²) in [4.78, 5) is 29.4. The maximum Gasteiger partial charge on any atom is 0.242 e. The third kappa shape index (κ3) is 2.01. The topological polar surface area (TPSA) is 73.4 Å². The Balaban J connectivity index is 1.77. The predicted octanol–water partition coefficient (Wildman–Crippen LogP) is 2.92. The van der Waals surface area contributed by atoms with Crippen molar-refractivity contribution < 1.29 is 14.7 Å². The third-order valence-electron chi connectivity index (χ3n) is 4.27. The normalized spacial score (nSPS) is 18.1. The van der Waals surface area contributed by atoms with Crippen LogP contribution in [0.25, 0.3) is 10.9 Å². The van der Waals surface area contributed by atoms with Gasteiger partial charge in [0.15, 0.2) is 0 Å². The van der Waals surface area contributed by atoms with Gasteiger partial charge in [-0.1, -0.05) is 30.3 Å². The number of aromatic amines is 1. The Bertz CT molecular complexity index is 929. The molecular weight excluding hydrogens is 292 g/mol. The van der Waals surface area contributed by atoms with Crippen molar-refractivity contribution in [3.63, 3.8) is 0 Å². The zero-order valence-electron chi connectivity index (χ0n) is 12.2. The zero-order chi connectivity index (χ0) is 16.0. The SMILES string of the molecule is O=C1C[C@H](c2c[nH]c3ccccc23)C(=O)N1c1ccccc1O. The molecule has 5 heteroatoms. The maximum atomic E-state index is 12.8. The molecular formula is C18H14N2O3. The van der Waals surface area contributed by atoms with Crippen LogP contribution in [0, 0.1) is 0 Å². The molecule has 114 valence electrons. The highest BCUT2D eigenvalue weighted by molar-refractivity contribution is 6.23. The first kappa shape index (κ1) is 13.6. The molecule has 0 unspecified atom stereocenters. The summed E-state index contributed by atoms with van der Waals surface area (Å²) in [5, 5.41) is 10.9. The van der Waals surface area contributed by atoms with Crippen molar-refractivity contribution in [2.75, 3.05) is 4.90 Å². The Hall–Kier alpha value is -3.08. The predicted molar refractivity (Wildman–Crippen MR) is 86.3 cm³/mol. The van der Waals surface area contributed by atoms with E-state index in [4.69, 9.17) is 0 Å². The van der Waals surface area contributed by atoms with Crippen LogP contribution in [0.1, 0.15) is 17.9 Å². The molecule has 3 aromatic rings. The van der Waals surface area contributed by atoms with Gasteiger partial charge in [-0.3, -0.25) is 9.59 Å². The molecule has 23 heavy (non-hydrogen) atoms. The molecule has 4 rings (SSSR count). The number of amides is 2. The minimum Gasteiger partial charge on any atom is -0.506 e. The van der Waals surface area contributed by atoms with E-state index in [0.717, 1.165) is 21.4 Å². The van der Waals surface area contributed by atoms with Gasteiger partial charge in [0.05, 0.1) is 11.6 Å². The van der Waals surface area contributed by atoms with Gasteiger partial charge in [-0.05, 0) is 23.8 Å². The zero-order valence-corrected chi connectivity index (χ0v) is 12.2. The van der Waals surface area contributed by atoms with E-state index in [1.807, 2.05) is 24.3 Å². The lowest BCUT2D eigenvalue weighted by Gasteiger charge is -2.16. The van der Waals surface area contributed by atoms with E-state index in [9.17, 15) is 14.7 Å². The van der Waals surface area contributed by atoms with Gasteiger partial charge in [0, 0.05) is 23.5 Å². The van der Waals surface area contributed by atoms with Gasteiger partial charge in [-0.2, -0.15) is 0 Å². The first-order chi connectivity index (χ1) is 11.2. The number of hydrogen-bond acceptors (Lipinski definition) is 3. The van der Waals surface area contributed by atoms with Crippen LogP contribution in [-0.2, 0) is 9.59 Å². The number of anilines is 1. The smallest absolute Gasteiger partial charge is 0.242 e. The number of fused-ring (bicyclic) bond motifs is 1. The molecule has 2 N–H and O–H groups in total. The Morgan fingerprint density at radius 1 is 1.04 bits per heavy atom. The van der Waals surface area contributed by atoms with Crippen molar-refractivity contribution in [3.8, 4) is 5.75 Å². The molecule has 0 bridgehead atoms. The molecule has 1 atom stereocenters. The standard InChI is InChI=1S/C18H14N2O3/c21-16-8-4-3-7-15(16)20-17(22)9-12(18(20)23)13-10-19-14-6-2-1-5-11(13)14/h1-8,10,12,19,21H,9H2/t12-/m1/s1. The number of carbonyl (C=O) groups excluding carboxylic acids is 2. The summed E-state index contributed by atoms with van der Waals surface area (Å²) in [7, 11) is 0. The maximum absolute atomic E-state index is 12.8. The summed E-state index contributed by atoms with van der Waals surface area (Å²) >= 11 is 0. The molecule has 0 spiro atoms. The van der Waals surface area contributed by atoms with Crippen LogP contribution < -0.4 is 4.90 Å². The Kier molecular flexibility index (Phi) is 2.94. The van der Waals surface area contributed by atoms with Crippen LogP contribution >= 0.6 is 0 Å². The number of H-pyrrole nitrogens is 1. The van der Waals surface area contributed by atoms with E-state index in [1.54, 1.807) is 24.4 Å². The van der Waals surface area contributed by atoms with Crippen molar-refractivity contribution in [2.24, 2.45) is 0 Å². The van der Waals surface area contributed by atoms with Gasteiger partial charge in [0.1, 0.15) is 5.75 Å². The van der Waals surface area contributed by atoms with Gasteiger partial charge in [-0.25, -0.2) is 4.90 Å². The van der Waals surface area contributed by atoms with Crippen LogP contribution in [-0.4, -0.2) is 21.9 Å². The van der Waals surface area contributed by atoms with Crippen molar-refractivity contribution in [1.29, 1.82) is 0 Å². The number of nitrogens with one attached hydrogen (secondary N) is 1. The molecule has 0 saturated carbocycles. The van der Waals surface area contributed by atoms with Gasteiger partial charge >= 0.3 is 0 Å². The summed E-state index contributed by atoms with van der Waals surface area (Å²) in [5.41, 5.74) is 1.99. The number of hydrogen-bond donors (Lipinski definition) is 2. The van der Waals surface area contributed by atoms with Crippen LogP contribution in [0.3, 0.4) is 0 Å². The molecule has 1 fully saturated rings. The summed E-state index contributed by atoms with van der Waals surface area (Å²) < 4.78 is 0. The number of benzene rings is 2. The molecule has 2 aromatic carbocycles. The highest BCUT2D eigenvalue weighted by atomic mass is 16.3. The van der Waals surface area contributed by atoms with Crippen LogP contribution in [0.4, 0.5) is 5.69 Å². The number of carbonyl (C=O) groups is 2. The number of para-hydroxylation sites is 3. The fourth-order valence-electron chi connectivity index (χ4n) is 3.16. The molecule has 1 aromatic heterocycles. The van der Waals surface area contributed by atoms with Crippen LogP contribution in [0.15, 0.2) is 54.7 Å². The van der Waals surface area contributed by atoms with E-state index >= 15 is 0 Å². The number of phenolic OH excluding ortho intramolecular Hbond substituents is 1. The number of rotatable bonds is 2. The molecule has 1 saturated heterocycles. The summed E-state index contributed by atoms with van der Waals surface area (Å²) in [6, 6.07) is 14.1. The lowest BCUT2D eigenvalue weighted by Crippen LogP contribution is -2.30. The molecule has 2 amide bonds. The van der Waals surface area contributed by atoms with Crippen molar-refractivity contribution >= 4 is 28.4 Å². The Morgan fingerprint density at radius 2 is 1.78 bits per heavy atom. The fraction of sp³-hybridized carbons (Fsp3) is 0.111. The average Bonchev–Trinajstić information content (AvgIpc) is 3.09. The largest absolute Gasteiger partial charge is 0.506 e. The molecule has 0 radical (unpaired) electrons. The van der Waals surface area contributed by atoms with E-state index < -0.39 is 5.92 Å². The number of phenols is 1. The Labute approximate surface area is 132 Å². The lowest BCUT2D eigenvalue weighted by molar-refractivity contribution is -0.121. The third-order valence-corrected chi connectivity index (χ3v) is 4.27. The first-order valence-corrected chi connectivity index (χ1v) is 7.37. The number of aromatic nitrogens is 1. The highest BCUT2D eigenvalue weighted by Gasteiger charge is 2.42. The van der Waals surface area contributed by atoms with E-state index in [-0.39, 0.29) is 29.7 Å². The molecule has 2 heterocycles. The van der Waals surface area contributed by atoms with Crippen molar-refractivity contribution in [2.45, 2.75) is 12.3 Å². The van der Waals surface area contributed by atoms with Crippen molar-refractivity contribution in [1.82, 2.24) is 4.98 Å². The second kappa shape index (κ2) is 4.98. The fourth-order valence-corrected chi connectivity index (χ4v) is 3.16. The first-order valence-electron chi connectivity index (χ1n) is 7.37. The van der Waals surface area contributed by atoms with E-state index in [2.05, 4.69) is 4.98 Å². The van der Waals surface area contributed by atoms with Gasteiger partial charge in [-0.15, -0.1) is 0 Å². The quantitative estimate of drug-likeness (QED) is 0.715. The Morgan fingerprint density at radius 3 is 2.61 bits per heavy atom. The average molecular weight is 306 g/mol. The van der Waals surface area contributed by atoms with Crippen LogP contribution in [0.2, 0.25) is 0 Å². The lowest BCUT2D eigenvalue weighted by atomic mass is 9.97. The number of imide groups is 1. The monoisotopic (exact) mass is 306 g/mol. The summed E-state index contributed by atoms with van der Waals surface area (Å²) in [6.45, 7) is 0. The van der Waals surface area contributed by atoms with Crippen LogP contribution in [0.5, 0.6) is 5.75 Å². The second-order valence-electron chi connectivity index (χ2n) is 5.60. The van der Waals surface area contributed by atoms with Crippen molar-refractivity contribution in [3.05, 3.63) is 60.3 Å². The van der Waals surface area contributed by atoms with Gasteiger partial charge < -0.3 is 10.1 Å². The van der Waals surface area contributed by atoms with E-state index in [1.165, 1.54) is 6.07 Å². The summed E-state index contributed by atoms with van der Waals surface area (Å²) in [5.74, 6) is -1.21. The van der Waals surface area contributed by atoms with E-state index in [0.29, 0.717) is 0 Å². The minimum absolute atomic E-state index is 0.0752. The molecule has 0 aliphatic carbocycles. The molecule has 5 nitrogen and oxygen atoms in total.